The molecule has 2 aromatic carbocycles. The first kappa shape index (κ1) is 24.7. The molecule has 0 aliphatic heterocycles. The molecule has 0 spiro atoms. The van der Waals surface area contributed by atoms with Crippen LogP contribution in [0.15, 0.2) is 66.7 Å². The molecule has 3 rings (SSSR count). The molecule has 178 valence electrons. The molecule has 0 saturated carbocycles. The number of ether oxygens (including phenoxy) is 2. The lowest BCUT2D eigenvalue weighted by Crippen LogP contribution is -2.56. The minimum atomic E-state index is -1.35. The standard InChI is InChI=1S/C25H27N3O6/c1-16(29)22(28-25(32)34-15-17-8-4-3-5-9-17)23(30)27-21(24(31)33-2)14-19-13-12-18-10-6-7-11-20(18)26-19/h3-13,16,21-22,29H,14-15H2,1-2H3,(H,27,30)(H,28,32)/t16-,21-,22+/m1/s1. The van der Waals surface area contributed by atoms with Crippen LogP contribution in [-0.4, -0.2) is 53.4 Å². The predicted molar refractivity (Wildman–Crippen MR) is 125 cm³/mol. The van der Waals surface area contributed by atoms with Gasteiger partial charge in [0, 0.05) is 17.5 Å². The Bertz CT molecular complexity index is 1140. The lowest BCUT2D eigenvalue weighted by atomic mass is 10.1. The van der Waals surface area contributed by atoms with E-state index in [2.05, 4.69) is 15.6 Å². The van der Waals surface area contributed by atoms with Gasteiger partial charge in [-0.1, -0.05) is 54.6 Å². The van der Waals surface area contributed by atoms with E-state index in [1.165, 1.54) is 14.0 Å². The number of fused-ring (bicyclic) bond motifs is 1. The molecule has 0 bridgehead atoms. The van der Waals surface area contributed by atoms with Crippen molar-refractivity contribution in [3.05, 3.63) is 78.0 Å². The number of benzene rings is 2. The first-order valence-electron chi connectivity index (χ1n) is 10.8. The molecule has 3 atom stereocenters. The Morgan fingerprint density at radius 3 is 2.38 bits per heavy atom. The summed E-state index contributed by atoms with van der Waals surface area (Å²) in [5.41, 5.74) is 2.09. The van der Waals surface area contributed by atoms with E-state index < -0.39 is 36.2 Å². The highest BCUT2D eigenvalue weighted by atomic mass is 16.5. The number of nitrogens with zero attached hydrogens (tertiary/aromatic N) is 1. The molecule has 0 saturated heterocycles. The van der Waals surface area contributed by atoms with Crippen LogP contribution in [0.3, 0.4) is 0 Å². The van der Waals surface area contributed by atoms with Crippen LogP contribution in [0.5, 0.6) is 0 Å². The van der Waals surface area contributed by atoms with Gasteiger partial charge in [0.2, 0.25) is 5.91 Å². The Kier molecular flexibility index (Phi) is 8.53. The molecule has 0 aliphatic rings. The molecule has 1 heterocycles. The molecule has 34 heavy (non-hydrogen) atoms. The lowest BCUT2D eigenvalue weighted by Gasteiger charge is -2.23. The zero-order valence-corrected chi connectivity index (χ0v) is 18.9. The topological polar surface area (TPSA) is 127 Å². The Balaban J connectivity index is 1.66. The van der Waals surface area contributed by atoms with E-state index in [0.29, 0.717) is 5.69 Å². The van der Waals surface area contributed by atoms with Crippen LogP contribution in [0.1, 0.15) is 18.2 Å². The van der Waals surface area contributed by atoms with Gasteiger partial charge >= 0.3 is 12.1 Å². The molecule has 9 heteroatoms. The van der Waals surface area contributed by atoms with Gasteiger partial charge in [0.25, 0.3) is 0 Å². The van der Waals surface area contributed by atoms with E-state index in [9.17, 15) is 19.5 Å². The second-order valence-corrected chi connectivity index (χ2v) is 7.71. The van der Waals surface area contributed by atoms with E-state index in [1.54, 1.807) is 30.3 Å². The van der Waals surface area contributed by atoms with Gasteiger partial charge < -0.3 is 25.2 Å². The summed E-state index contributed by atoms with van der Waals surface area (Å²) in [7, 11) is 1.21. The van der Waals surface area contributed by atoms with Crippen molar-refractivity contribution in [2.24, 2.45) is 0 Å². The third kappa shape index (κ3) is 6.76. The van der Waals surface area contributed by atoms with Crippen molar-refractivity contribution in [2.45, 2.75) is 38.1 Å². The maximum atomic E-state index is 12.9. The summed E-state index contributed by atoms with van der Waals surface area (Å²) in [6, 6.07) is 17.7. The van der Waals surface area contributed by atoms with Gasteiger partial charge in [-0.05, 0) is 24.6 Å². The summed E-state index contributed by atoms with van der Waals surface area (Å²) in [5, 5.41) is 15.9. The van der Waals surface area contributed by atoms with Crippen LogP contribution in [0.4, 0.5) is 4.79 Å². The predicted octanol–water partition coefficient (Wildman–Crippen LogP) is 2.11. The maximum absolute atomic E-state index is 12.9. The van der Waals surface area contributed by atoms with Gasteiger partial charge in [-0.15, -0.1) is 0 Å². The third-order valence-corrected chi connectivity index (χ3v) is 5.12. The van der Waals surface area contributed by atoms with Gasteiger partial charge in [0.1, 0.15) is 18.7 Å². The Morgan fingerprint density at radius 1 is 0.971 bits per heavy atom. The average Bonchev–Trinajstić information content (AvgIpc) is 2.85. The highest BCUT2D eigenvalue weighted by Crippen LogP contribution is 2.13. The van der Waals surface area contributed by atoms with Crippen LogP contribution in [0, 0.1) is 0 Å². The summed E-state index contributed by atoms with van der Waals surface area (Å²) in [6.07, 6.45) is -2.06. The first-order valence-corrected chi connectivity index (χ1v) is 10.8. The lowest BCUT2D eigenvalue weighted by molar-refractivity contribution is -0.145. The Labute approximate surface area is 197 Å². The second-order valence-electron chi connectivity index (χ2n) is 7.71. The summed E-state index contributed by atoms with van der Waals surface area (Å²) >= 11 is 0. The van der Waals surface area contributed by atoms with Crippen molar-refractivity contribution in [3.63, 3.8) is 0 Å². The normalized spacial score (nSPS) is 13.4. The van der Waals surface area contributed by atoms with Gasteiger partial charge in [0.05, 0.1) is 18.7 Å². The molecule has 0 fully saturated rings. The molecule has 0 unspecified atom stereocenters. The van der Waals surface area contributed by atoms with Crippen molar-refractivity contribution in [3.8, 4) is 0 Å². The number of rotatable bonds is 9. The fourth-order valence-corrected chi connectivity index (χ4v) is 3.33. The van der Waals surface area contributed by atoms with Gasteiger partial charge in [0.15, 0.2) is 0 Å². The van der Waals surface area contributed by atoms with E-state index >= 15 is 0 Å². The average molecular weight is 466 g/mol. The molecule has 0 radical (unpaired) electrons. The van der Waals surface area contributed by atoms with Crippen LogP contribution in [0.2, 0.25) is 0 Å². The van der Waals surface area contributed by atoms with Crippen molar-refractivity contribution >= 4 is 28.9 Å². The van der Waals surface area contributed by atoms with Gasteiger partial charge in [-0.3, -0.25) is 9.78 Å². The second kappa shape index (κ2) is 11.8. The number of alkyl carbamates (subject to hydrolysis) is 1. The zero-order chi connectivity index (χ0) is 24.5. The number of nitrogens with one attached hydrogen (secondary N) is 2. The quantitative estimate of drug-likeness (QED) is 0.413. The maximum Gasteiger partial charge on any atom is 0.408 e. The van der Waals surface area contributed by atoms with Crippen molar-refractivity contribution in [2.75, 3.05) is 7.11 Å². The highest BCUT2D eigenvalue weighted by molar-refractivity contribution is 5.90. The minimum Gasteiger partial charge on any atom is -0.467 e. The molecule has 3 N–H and O–H groups in total. The number of hydrogen-bond donors (Lipinski definition) is 3. The molecule has 2 amide bonds. The molecule has 0 aliphatic carbocycles. The number of aromatic nitrogens is 1. The van der Waals surface area contributed by atoms with Crippen molar-refractivity contribution in [1.82, 2.24) is 15.6 Å². The number of carbonyl (C=O) groups is 3. The van der Waals surface area contributed by atoms with Crippen molar-refractivity contribution < 1.29 is 29.0 Å². The SMILES string of the molecule is COC(=O)[C@@H](Cc1ccc2ccccc2n1)NC(=O)[C@@H](NC(=O)OCc1ccccc1)[C@@H](C)O. The van der Waals surface area contributed by atoms with Gasteiger partial charge in [-0.25, -0.2) is 9.59 Å². The summed E-state index contributed by atoms with van der Waals surface area (Å²) in [5.74, 6) is -1.44. The highest BCUT2D eigenvalue weighted by Gasteiger charge is 2.31. The number of pyridine rings is 1. The number of amides is 2. The molecular formula is C25H27N3O6. The van der Waals surface area contributed by atoms with Crippen LogP contribution in [-0.2, 0) is 32.1 Å². The summed E-state index contributed by atoms with van der Waals surface area (Å²) in [6.45, 7) is 1.35. The fourth-order valence-electron chi connectivity index (χ4n) is 3.33. The van der Waals surface area contributed by atoms with Crippen LogP contribution in [0.25, 0.3) is 10.9 Å². The van der Waals surface area contributed by atoms with E-state index in [-0.39, 0.29) is 13.0 Å². The fraction of sp³-hybridized carbons (Fsp3) is 0.280. The number of para-hydroxylation sites is 1. The largest absolute Gasteiger partial charge is 0.467 e. The van der Waals surface area contributed by atoms with Gasteiger partial charge in [-0.2, -0.15) is 0 Å². The summed E-state index contributed by atoms with van der Waals surface area (Å²) in [4.78, 5) is 41.9. The smallest absolute Gasteiger partial charge is 0.408 e. The molecule has 1 aromatic heterocycles. The van der Waals surface area contributed by atoms with E-state index in [0.717, 1.165) is 16.5 Å². The van der Waals surface area contributed by atoms with Crippen molar-refractivity contribution in [1.29, 1.82) is 0 Å². The number of aliphatic hydroxyl groups excluding tert-OH is 1. The third-order valence-electron chi connectivity index (χ3n) is 5.12. The number of esters is 1. The number of hydrogen-bond acceptors (Lipinski definition) is 7. The minimum absolute atomic E-state index is 0.000753. The number of aliphatic hydroxyl groups is 1. The molecular weight excluding hydrogens is 438 g/mol. The monoisotopic (exact) mass is 465 g/mol. The number of methoxy groups -OCH3 is 1. The number of carbonyl (C=O) groups excluding carboxylic acids is 3. The van der Waals surface area contributed by atoms with E-state index in [4.69, 9.17) is 9.47 Å². The molecule has 3 aromatic rings. The van der Waals surface area contributed by atoms with Crippen LogP contribution < -0.4 is 10.6 Å². The Morgan fingerprint density at radius 2 is 1.68 bits per heavy atom. The van der Waals surface area contributed by atoms with Crippen LogP contribution >= 0.6 is 0 Å². The van der Waals surface area contributed by atoms with E-state index in [1.807, 2.05) is 36.4 Å². The summed E-state index contributed by atoms with van der Waals surface area (Å²) < 4.78 is 9.95. The molecule has 9 nitrogen and oxygen atoms in total. The Hall–Kier alpha value is -3.98. The zero-order valence-electron chi connectivity index (χ0n) is 18.9. The first-order chi connectivity index (χ1) is 16.4.